The van der Waals surface area contributed by atoms with E-state index in [4.69, 9.17) is 9.47 Å². The molecule has 2 heterocycles. The van der Waals surface area contributed by atoms with E-state index >= 15 is 0 Å². The second kappa shape index (κ2) is 13.5. The molecule has 1 aromatic heterocycles. The van der Waals surface area contributed by atoms with Gasteiger partial charge < -0.3 is 20.1 Å². The van der Waals surface area contributed by atoms with E-state index < -0.39 is 23.5 Å². The number of amides is 3. The Bertz CT molecular complexity index is 1690. The molecule has 4 aromatic rings. The van der Waals surface area contributed by atoms with Gasteiger partial charge in [-0.25, -0.2) is 14.6 Å². The molecule has 10 nitrogen and oxygen atoms in total. The number of rotatable bonds is 9. The first-order chi connectivity index (χ1) is 21.9. The van der Waals surface area contributed by atoms with Gasteiger partial charge in [0.25, 0.3) is 5.91 Å². The van der Waals surface area contributed by atoms with Crippen LogP contribution in [-0.2, 0) is 20.9 Å². The lowest BCUT2D eigenvalue weighted by Crippen LogP contribution is -2.45. The summed E-state index contributed by atoms with van der Waals surface area (Å²) in [5.74, 6) is -0.608. The molecule has 2 aliphatic rings. The van der Waals surface area contributed by atoms with Crippen molar-refractivity contribution in [3.05, 3.63) is 106 Å². The maximum atomic E-state index is 13.6. The summed E-state index contributed by atoms with van der Waals surface area (Å²) in [7, 11) is 1.31. The zero-order chi connectivity index (χ0) is 31.3. The summed E-state index contributed by atoms with van der Waals surface area (Å²) in [5.41, 5.74) is 4.00. The molecular formula is C33H30N4O6S2. The summed E-state index contributed by atoms with van der Waals surface area (Å²) in [6.45, 7) is 0.0556. The fourth-order valence-corrected chi connectivity index (χ4v) is 6.97. The molecule has 0 bridgehead atoms. The van der Waals surface area contributed by atoms with Crippen LogP contribution in [0.1, 0.15) is 50.1 Å². The number of carbonyl (C=O) groups is 4. The van der Waals surface area contributed by atoms with Gasteiger partial charge in [-0.3, -0.25) is 14.5 Å². The zero-order valence-electron chi connectivity index (χ0n) is 24.3. The van der Waals surface area contributed by atoms with E-state index in [9.17, 15) is 19.2 Å². The third-order valence-corrected chi connectivity index (χ3v) is 9.51. The molecule has 0 spiro atoms. The van der Waals surface area contributed by atoms with Crippen LogP contribution >= 0.6 is 23.1 Å². The van der Waals surface area contributed by atoms with Gasteiger partial charge >= 0.3 is 12.1 Å². The van der Waals surface area contributed by atoms with Crippen molar-refractivity contribution < 1.29 is 28.7 Å². The molecule has 2 N–H and O–H groups in total. The SMILES string of the molecule is COC(=O)c1ccc(C2SCC(C(=O)Nc3nc(-c4ccc(C(=O)NC5CC5)cc4)cs3)N2C(=O)OCc2ccccc2)cc1. The number of anilines is 1. The minimum absolute atomic E-state index is 0.0556. The molecule has 0 radical (unpaired) electrons. The summed E-state index contributed by atoms with van der Waals surface area (Å²) >= 11 is 2.70. The second-order valence-electron chi connectivity index (χ2n) is 10.6. The van der Waals surface area contributed by atoms with E-state index in [-0.39, 0.29) is 24.5 Å². The van der Waals surface area contributed by atoms with Crippen LogP contribution in [-0.4, -0.2) is 58.7 Å². The number of esters is 1. The minimum Gasteiger partial charge on any atom is -0.465 e. The van der Waals surface area contributed by atoms with Gasteiger partial charge in [-0.2, -0.15) is 0 Å². The Morgan fingerprint density at radius 2 is 1.64 bits per heavy atom. The van der Waals surface area contributed by atoms with E-state index in [0.717, 1.165) is 29.5 Å². The average Bonchev–Trinajstić information content (AvgIpc) is 3.57. The quantitative estimate of drug-likeness (QED) is 0.217. The van der Waals surface area contributed by atoms with Crippen LogP contribution in [0.5, 0.6) is 0 Å². The van der Waals surface area contributed by atoms with Crippen molar-refractivity contribution in [1.82, 2.24) is 15.2 Å². The predicted molar refractivity (Wildman–Crippen MR) is 172 cm³/mol. The van der Waals surface area contributed by atoms with Crippen LogP contribution in [0.25, 0.3) is 11.3 Å². The molecule has 6 rings (SSSR count). The molecule has 2 atom stereocenters. The first kappa shape index (κ1) is 30.4. The molecule has 1 aliphatic heterocycles. The number of nitrogens with one attached hydrogen (secondary N) is 2. The molecule has 2 fully saturated rings. The standard InChI is InChI=1S/C33H30N4O6S2/c1-42-31(40)24-13-11-23(12-14-24)30-37(33(41)43-17-20-5-3-2-4-6-20)27(19-44-30)29(39)36-32-35-26(18-45-32)21-7-9-22(10-8-21)28(38)34-25-15-16-25/h2-14,18,25,27,30H,15-17,19H2,1H3,(H,34,38)(H,35,36,39). The minimum atomic E-state index is -0.833. The average molecular weight is 643 g/mol. The van der Waals surface area contributed by atoms with E-state index in [1.165, 1.54) is 35.1 Å². The van der Waals surface area contributed by atoms with Crippen LogP contribution in [0.2, 0.25) is 0 Å². The zero-order valence-corrected chi connectivity index (χ0v) is 25.9. The maximum Gasteiger partial charge on any atom is 0.412 e. The highest BCUT2D eigenvalue weighted by Crippen LogP contribution is 2.42. The lowest BCUT2D eigenvalue weighted by Gasteiger charge is -2.28. The first-order valence-corrected chi connectivity index (χ1v) is 16.3. The Hall–Kier alpha value is -4.68. The topological polar surface area (TPSA) is 127 Å². The van der Waals surface area contributed by atoms with Crippen LogP contribution in [0, 0.1) is 0 Å². The number of ether oxygens (including phenoxy) is 2. The van der Waals surface area contributed by atoms with E-state index in [1.54, 1.807) is 36.4 Å². The van der Waals surface area contributed by atoms with Gasteiger partial charge in [-0.05, 0) is 48.2 Å². The smallest absolute Gasteiger partial charge is 0.412 e. The van der Waals surface area contributed by atoms with Crippen molar-refractivity contribution in [3.63, 3.8) is 0 Å². The number of methoxy groups -OCH3 is 1. The highest BCUT2D eigenvalue weighted by molar-refractivity contribution is 7.99. The van der Waals surface area contributed by atoms with Gasteiger partial charge in [0.1, 0.15) is 18.0 Å². The molecule has 1 saturated heterocycles. The monoisotopic (exact) mass is 642 g/mol. The lowest BCUT2D eigenvalue weighted by atomic mass is 10.1. The third-order valence-electron chi connectivity index (χ3n) is 7.43. The maximum absolute atomic E-state index is 13.6. The van der Waals surface area contributed by atoms with Crippen molar-refractivity contribution in [2.45, 2.75) is 36.9 Å². The van der Waals surface area contributed by atoms with E-state index in [2.05, 4.69) is 15.6 Å². The van der Waals surface area contributed by atoms with Crippen molar-refractivity contribution in [2.24, 2.45) is 0 Å². The van der Waals surface area contributed by atoms with Gasteiger partial charge in [0.2, 0.25) is 5.91 Å². The van der Waals surface area contributed by atoms with Gasteiger partial charge in [-0.1, -0.05) is 54.6 Å². The number of nitrogens with zero attached hydrogens (tertiary/aromatic N) is 2. The normalized spacial score (nSPS) is 17.4. The third kappa shape index (κ3) is 7.18. The number of benzene rings is 3. The van der Waals surface area contributed by atoms with E-state index in [1.807, 2.05) is 47.8 Å². The van der Waals surface area contributed by atoms with Crippen LogP contribution in [0.15, 0.2) is 84.2 Å². The molecule has 1 aliphatic carbocycles. The summed E-state index contributed by atoms with van der Waals surface area (Å²) < 4.78 is 10.5. The van der Waals surface area contributed by atoms with Crippen LogP contribution in [0.3, 0.4) is 0 Å². The number of carbonyl (C=O) groups excluding carboxylic acids is 4. The van der Waals surface area contributed by atoms with Crippen molar-refractivity contribution in [3.8, 4) is 11.3 Å². The number of aromatic nitrogens is 1. The van der Waals surface area contributed by atoms with E-state index in [0.29, 0.717) is 27.7 Å². The summed E-state index contributed by atoms with van der Waals surface area (Å²) in [5, 5.41) is 7.55. The predicted octanol–water partition coefficient (Wildman–Crippen LogP) is 5.88. The largest absolute Gasteiger partial charge is 0.465 e. The Labute approximate surface area is 268 Å². The van der Waals surface area contributed by atoms with Gasteiger partial charge in [0.15, 0.2) is 5.13 Å². The van der Waals surface area contributed by atoms with Crippen molar-refractivity contribution in [1.29, 1.82) is 0 Å². The number of thioether (sulfide) groups is 1. The second-order valence-corrected chi connectivity index (χ2v) is 12.6. The molecule has 12 heteroatoms. The lowest BCUT2D eigenvalue weighted by molar-refractivity contribution is -0.120. The summed E-state index contributed by atoms with van der Waals surface area (Å²) in [4.78, 5) is 57.4. The summed E-state index contributed by atoms with van der Waals surface area (Å²) in [6, 6.07) is 22.7. The number of hydrogen-bond acceptors (Lipinski definition) is 9. The Kier molecular flexibility index (Phi) is 9.13. The van der Waals surface area contributed by atoms with Gasteiger partial charge in [0, 0.05) is 28.3 Å². The van der Waals surface area contributed by atoms with Crippen molar-refractivity contribution in [2.75, 3.05) is 18.2 Å². The molecule has 3 aromatic carbocycles. The van der Waals surface area contributed by atoms with Gasteiger partial charge in [0.05, 0.1) is 18.4 Å². The van der Waals surface area contributed by atoms with Gasteiger partial charge in [-0.15, -0.1) is 23.1 Å². The molecule has 45 heavy (non-hydrogen) atoms. The Balaban J connectivity index is 1.16. The fourth-order valence-electron chi connectivity index (χ4n) is 4.82. The number of hydrogen-bond donors (Lipinski definition) is 2. The fraction of sp³-hybridized carbons (Fsp3) is 0.242. The molecule has 3 amide bonds. The molecule has 1 saturated carbocycles. The molecule has 2 unspecified atom stereocenters. The first-order valence-electron chi connectivity index (χ1n) is 14.4. The highest BCUT2D eigenvalue weighted by Gasteiger charge is 2.43. The number of thiazole rings is 1. The van der Waals surface area contributed by atoms with Crippen molar-refractivity contribution >= 4 is 52.1 Å². The Morgan fingerprint density at radius 1 is 0.933 bits per heavy atom. The highest BCUT2D eigenvalue weighted by atomic mass is 32.2. The molecular weight excluding hydrogens is 613 g/mol. The molecule has 230 valence electrons. The van der Waals surface area contributed by atoms with Crippen LogP contribution < -0.4 is 10.6 Å². The summed E-state index contributed by atoms with van der Waals surface area (Å²) in [6.07, 6.45) is 1.42. The van der Waals surface area contributed by atoms with Crippen LogP contribution in [0.4, 0.5) is 9.93 Å². The Morgan fingerprint density at radius 3 is 2.33 bits per heavy atom.